The molecule has 19 heavy (non-hydrogen) atoms. The Morgan fingerprint density at radius 1 is 1.42 bits per heavy atom. The highest BCUT2D eigenvalue weighted by atomic mass is 16.6. The molecule has 1 amide bonds. The Balaban J connectivity index is 2.36. The first-order chi connectivity index (χ1) is 8.76. The number of hydrogen-bond donors (Lipinski definition) is 2. The van der Waals surface area contributed by atoms with E-state index in [9.17, 15) is 9.90 Å². The van der Waals surface area contributed by atoms with Gasteiger partial charge in [-0.2, -0.15) is 0 Å². The van der Waals surface area contributed by atoms with Crippen molar-refractivity contribution in [3.63, 3.8) is 0 Å². The number of amides is 1. The lowest BCUT2D eigenvalue weighted by Crippen LogP contribution is -2.37. The largest absolute Gasteiger partial charge is 0.508 e. The molecular weight excluding hydrogens is 246 g/mol. The number of hydrogen-bond acceptors (Lipinski definition) is 4. The fraction of sp³-hybridized carbons (Fsp3) is 0.500. The van der Waals surface area contributed by atoms with Crippen LogP contribution in [0.5, 0.6) is 11.5 Å². The molecule has 5 nitrogen and oxygen atoms in total. The van der Waals surface area contributed by atoms with E-state index in [1.165, 1.54) is 6.07 Å². The Hall–Kier alpha value is -1.91. The molecule has 5 heteroatoms. The number of phenolic OH excluding ortho intramolecular Hbond substituents is 1. The van der Waals surface area contributed by atoms with Crippen LogP contribution in [-0.4, -0.2) is 29.4 Å². The van der Waals surface area contributed by atoms with Crippen molar-refractivity contribution in [3.8, 4) is 11.5 Å². The first-order valence-electron chi connectivity index (χ1n) is 6.19. The minimum Gasteiger partial charge on any atom is -0.508 e. The standard InChI is InChI=1S/C14H21NO4/c1-10(9-15-13(17)19-14(2,3)4)18-12-7-5-6-11(16)8-12/h5-8,10,16H,9H2,1-4H3,(H,15,17)/t10-/m0/s1. The summed E-state index contributed by atoms with van der Waals surface area (Å²) in [6.07, 6.45) is -0.701. The van der Waals surface area contributed by atoms with Crippen LogP contribution in [0.4, 0.5) is 4.79 Å². The highest BCUT2D eigenvalue weighted by Gasteiger charge is 2.16. The molecule has 0 saturated heterocycles. The van der Waals surface area contributed by atoms with E-state index in [0.717, 1.165) is 0 Å². The molecule has 0 heterocycles. The normalized spacial score (nSPS) is 12.6. The highest BCUT2D eigenvalue weighted by molar-refractivity contribution is 5.67. The van der Waals surface area contributed by atoms with Gasteiger partial charge in [-0.25, -0.2) is 4.79 Å². The maximum Gasteiger partial charge on any atom is 0.407 e. The van der Waals surface area contributed by atoms with Gasteiger partial charge >= 0.3 is 6.09 Å². The Morgan fingerprint density at radius 3 is 2.68 bits per heavy atom. The van der Waals surface area contributed by atoms with Crippen LogP contribution in [0.1, 0.15) is 27.7 Å². The van der Waals surface area contributed by atoms with E-state index in [1.807, 2.05) is 6.92 Å². The SMILES string of the molecule is C[C@@H](CNC(=O)OC(C)(C)C)Oc1cccc(O)c1. The molecule has 0 spiro atoms. The van der Waals surface area contributed by atoms with Crippen molar-refractivity contribution in [2.45, 2.75) is 39.4 Å². The van der Waals surface area contributed by atoms with Crippen molar-refractivity contribution in [1.29, 1.82) is 0 Å². The molecule has 0 radical (unpaired) electrons. The molecule has 2 N–H and O–H groups in total. The second-order valence-electron chi connectivity index (χ2n) is 5.31. The average molecular weight is 267 g/mol. The summed E-state index contributed by atoms with van der Waals surface area (Å²) in [6, 6.07) is 6.52. The van der Waals surface area contributed by atoms with Crippen LogP contribution in [-0.2, 0) is 4.74 Å². The summed E-state index contributed by atoms with van der Waals surface area (Å²) in [6.45, 7) is 7.56. The molecule has 1 atom stereocenters. The minimum atomic E-state index is -0.514. The van der Waals surface area contributed by atoms with Gasteiger partial charge in [0.2, 0.25) is 0 Å². The average Bonchev–Trinajstić information content (AvgIpc) is 2.24. The van der Waals surface area contributed by atoms with E-state index in [4.69, 9.17) is 9.47 Å². The number of alkyl carbamates (subject to hydrolysis) is 1. The van der Waals surface area contributed by atoms with E-state index < -0.39 is 11.7 Å². The van der Waals surface area contributed by atoms with Gasteiger partial charge in [-0.1, -0.05) is 6.07 Å². The van der Waals surface area contributed by atoms with Gasteiger partial charge in [-0.05, 0) is 39.8 Å². The van der Waals surface area contributed by atoms with Crippen molar-refractivity contribution in [2.24, 2.45) is 0 Å². The molecule has 106 valence electrons. The summed E-state index contributed by atoms with van der Waals surface area (Å²) in [5.74, 6) is 0.697. The lowest BCUT2D eigenvalue weighted by molar-refractivity contribution is 0.0505. The highest BCUT2D eigenvalue weighted by Crippen LogP contribution is 2.18. The molecule has 0 bridgehead atoms. The summed E-state index contributed by atoms with van der Waals surface area (Å²) in [5.41, 5.74) is -0.514. The Kier molecular flexibility index (Phi) is 5.03. The topological polar surface area (TPSA) is 67.8 Å². The fourth-order valence-corrected chi connectivity index (χ4v) is 1.37. The quantitative estimate of drug-likeness (QED) is 0.880. The zero-order chi connectivity index (χ0) is 14.5. The van der Waals surface area contributed by atoms with Crippen molar-refractivity contribution in [1.82, 2.24) is 5.32 Å². The second-order valence-corrected chi connectivity index (χ2v) is 5.31. The van der Waals surface area contributed by atoms with Crippen LogP contribution in [0.15, 0.2) is 24.3 Å². The molecule has 0 unspecified atom stereocenters. The zero-order valence-electron chi connectivity index (χ0n) is 11.8. The van der Waals surface area contributed by atoms with Crippen molar-refractivity contribution < 1.29 is 19.4 Å². The molecule has 0 aromatic heterocycles. The van der Waals surface area contributed by atoms with E-state index in [-0.39, 0.29) is 11.9 Å². The molecule has 0 saturated carbocycles. The predicted octanol–water partition coefficient (Wildman–Crippen LogP) is 2.68. The summed E-state index contributed by atoms with van der Waals surface area (Å²) in [4.78, 5) is 11.4. The number of carbonyl (C=O) groups is 1. The molecule has 0 aliphatic rings. The first kappa shape index (κ1) is 15.1. The van der Waals surface area contributed by atoms with Crippen LogP contribution in [0.3, 0.4) is 0 Å². The maximum absolute atomic E-state index is 11.4. The van der Waals surface area contributed by atoms with Gasteiger partial charge in [0.1, 0.15) is 23.2 Å². The Bertz CT molecular complexity index is 426. The van der Waals surface area contributed by atoms with Crippen LogP contribution in [0, 0.1) is 0 Å². The van der Waals surface area contributed by atoms with E-state index >= 15 is 0 Å². The summed E-state index contributed by atoms with van der Waals surface area (Å²) in [7, 11) is 0. The third kappa shape index (κ3) is 6.55. The number of phenols is 1. The van der Waals surface area contributed by atoms with E-state index in [2.05, 4.69) is 5.32 Å². The second kappa shape index (κ2) is 6.31. The predicted molar refractivity (Wildman–Crippen MR) is 72.4 cm³/mol. The lowest BCUT2D eigenvalue weighted by Gasteiger charge is -2.21. The number of carbonyl (C=O) groups excluding carboxylic acids is 1. The molecule has 0 aliphatic heterocycles. The molecular formula is C14H21NO4. The van der Waals surface area contributed by atoms with Crippen molar-refractivity contribution in [3.05, 3.63) is 24.3 Å². The zero-order valence-corrected chi connectivity index (χ0v) is 11.8. The van der Waals surface area contributed by atoms with Gasteiger partial charge in [-0.15, -0.1) is 0 Å². The van der Waals surface area contributed by atoms with Gasteiger partial charge in [0.25, 0.3) is 0 Å². The minimum absolute atomic E-state index is 0.143. The van der Waals surface area contributed by atoms with E-state index in [1.54, 1.807) is 39.0 Å². The van der Waals surface area contributed by atoms with Crippen LogP contribution < -0.4 is 10.1 Å². The molecule has 1 rings (SSSR count). The Labute approximate surface area is 113 Å². The van der Waals surface area contributed by atoms with Gasteiger partial charge < -0.3 is 19.9 Å². The molecule has 0 aliphatic carbocycles. The lowest BCUT2D eigenvalue weighted by atomic mass is 10.2. The van der Waals surface area contributed by atoms with Gasteiger partial charge in [-0.3, -0.25) is 0 Å². The first-order valence-corrected chi connectivity index (χ1v) is 6.19. The van der Waals surface area contributed by atoms with E-state index in [0.29, 0.717) is 12.3 Å². The summed E-state index contributed by atoms with van der Waals surface area (Å²) in [5, 5.41) is 11.9. The number of aromatic hydroxyl groups is 1. The van der Waals surface area contributed by atoms with Gasteiger partial charge in [0.15, 0.2) is 0 Å². The fourth-order valence-electron chi connectivity index (χ4n) is 1.37. The summed E-state index contributed by atoms with van der Waals surface area (Å²) >= 11 is 0. The summed E-state index contributed by atoms with van der Waals surface area (Å²) < 4.78 is 10.7. The van der Waals surface area contributed by atoms with Crippen LogP contribution in [0.2, 0.25) is 0 Å². The van der Waals surface area contributed by atoms with Crippen molar-refractivity contribution in [2.75, 3.05) is 6.54 Å². The monoisotopic (exact) mass is 267 g/mol. The van der Waals surface area contributed by atoms with Crippen LogP contribution >= 0.6 is 0 Å². The number of benzene rings is 1. The third-order valence-corrected chi connectivity index (χ3v) is 2.09. The third-order valence-electron chi connectivity index (χ3n) is 2.09. The molecule has 1 aromatic carbocycles. The molecule has 0 fully saturated rings. The smallest absolute Gasteiger partial charge is 0.407 e. The van der Waals surface area contributed by atoms with Gasteiger partial charge in [0, 0.05) is 6.07 Å². The number of ether oxygens (including phenoxy) is 2. The Morgan fingerprint density at radius 2 is 2.11 bits per heavy atom. The van der Waals surface area contributed by atoms with Crippen LogP contribution in [0.25, 0.3) is 0 Å². The van der Waals surface area contributed by atoms with Crippen molar-refractivity contribution >= 4 is 6.09 Å². The van der Waals surface area contributed by atoms with Gasteiger partial charge in [0.05, 0.1) is 6.54 Å². The number of nitrogens with one attached hydrogen (secondary N) is 1. The number of rotatable bonds is 4. The molecule has 1 aromatic rings. The maximum atomic E-state index is 11.4.